The van der Waals surface area contributed by atoms with Crippen molar-refractivity contribution in [1.29, 1.82) is 0 Å². The summed E-state index contributed by atoms with van der Waals surface area (Å²) in [4.78, 5) is 11.5. The smallest absolute Gasteiger partial charge is 0.323 e. The molecule has 0 aromatic heterocycles. The fraction of sp³-hybridized carbons (Fsp3) is 0.923. The summed E-state index contributed by atoms with van der Waals surface area (Å²) in [6, 6.07) is 0.474. The molecule has 2 aliphatic rings. The third kappa shape index (κ3) is 2.40. The summed E-state index contributed by atoms with van der Waals surface area (Å²) in [7, 11) is 0. The molecule has 2 saturated carbocycles. The molecule has 0 bridgehead atoms. The van der Waals surface area contributed by atoms with Gasteiger partial charge in [-0.15, -0.1) is 0 Å². The molecule has 0 amide bonds. The second kappa shape index (κ2) is 4.36. The highest BCUT2D eigenvalue weighted by atomic mass is 16.4. The van der Waals surface area contributed by atoms with E-state index in [1.807, 2.05) is 0 Å². The van der Waals surface area contributed by atoms with Gasteiger partial charge in [-0.05, 0) is 37.5 Å². The number of carbonyl (C=O) groups is 1. The average Bonchev–Trinajstić information content (AvgIpc) is 3.01. The number of carboxylic acid groups (broad SMARTS) is 1. The molecule has 2 rings (SSSR count). The first-order chi connectivity index (χ1) is 7.53. The number of nitrogens with one attached hydrogen (secondary N) is 1. The van der Waals surface area contributed by atoms with Gasteiger partial charge in [0.2, 0.25) is 0 Å². The number of carboxylic acids is 1. The van der Waals surface area contributed by atoms with Gasteiger partial charge in [-0.1, -0.05) is 26.7 Å². The van der Waals surface area contributed by atoms with Crippen molar-refractivity contribution in [3.8, 4) is 0 Å². The van der Waals surface area contributed by atoms with E-state index in [9.17, 15) is 9.90 Å². The standard InChI is InChI=1S/C13H23NO2/c1-9(2)10-4-3-7-13(8-10,12(15)16)14-11-5-6-11/h9-11,14H,3-8H2,1-2H3,(H,15,16). The zero-order chi connectivity index (χ0) is 11.8. The first-order valence-corrected chi connectivity index (χ1v) is 6.54. The minimum Gasteiger partial charge on any atom is -0.480 e. The lowest BCUT2D eigenvalue weighted by molar-refractivity contribution is -0.147. The van der Waals surface area contributed by atoms with E-state index in [-0.39, 0.29) is 0 Å². The van der Waals surface area contributed by atoms with Crippen LogP contribution in [0.25, 0.3) is 0 Å². The van der Waals surface area contributed by atoms with Gasteiger partial charge in [0.1, 0.15) is 5.54 Å². The second-order valence-electron chi connectivity index (χ2n) is 5.91. The van der Waals surface area contributed by atoms with E-state index in [2.05, 4.69) is 19.2 Å². The average molecular weight is 225 g/mol. The fourth-order valence-corrected chi connectivity index (χ4v) is 2.89. The highest BCUT2D eigenvalue weighted by molar-refractivity contribution is 5.79. The zero-order valence-electron chi connectivity index (χ0n) is 10.3. The molecule has 0 aliphatic heterocycles. The predicted octanol–water partition coefficient (Wildman–Crippen LogP) is 2.41. The minimum absolute atomic E-state index is 0.474. The maximum atomic E-state index is 11.5. The quantitative estimate of drug-likeness (QED) is 0.772. The molecule has 2 fully saturated rings. The molecule has 0 spiro atoms. The Balaban J connectivity index is 2.07. The summed E-state index contributed by atoms with van der Waals surface area (Å²) in [5.41, 5.74) is -0.617. The van der Waals surface area contributed by atoms with Crippen molar-refractivity contribution in [1.82, 2.24) is 5.32 Å². The van der Waals surface area contributed by atoms with Crippen molar-refractivity contribution in [2.24, 2.45) is 11.8 Å². The fourth-order valence-electron chi connectivity index (χ4n) is 2.89. The van der Waals surface area contributed by atoms with Crippen molar-refractivity contribution in [3.63, 3.8) is 0 Å². The van der Waals surface area contributed by atoms with Crippen molar-refractivity contribution < 1.29 is 9.90 Å². The Morgan fingerprint density at radius 3 is 2.56 bits per heavy atom. The maximum absolute atomic E-state index is 11.5. The maximum Gasteiger partial charge on any atom is 0.323 e. The van der Waals surface area contributed by atoms with Gasteiger partial charge in [-0.3, -0.25) is 10.1 Å². The van der Waals surface area contributed by atoms with Gasteiger partial charge in [0.25, 0.3) is 0 Å². The number of aliphatic carboxylic acids is 1. The van der Waals surface area contributed by atoms with Crippen LogP contribution in [0.2, 0.25) is 0 Å². The Labute approximate surface area is 97.6 Å². The van der Waals surface area contributed by atoms with Crippen LogP contribution in [0, 0.1) is 11.8 Å². The van der Waals surface area contributed by atoms with E-state index in [1.54, 1.807) is 0 Å². The highest BCUT2D eigenvalue weighted by Crippen LogP contribution is 2.38. The predicted molar refractivity (Wildman–Crippen MR) is 63.3 cm³/mol. The lowest BCUT2D eigenvalue weighted by Gasteiger charge is -2.40. The van der Waals surface area contributed by atoms with Crippen LogP contribution in [0.4, 0.5) is 0 Å². The molecule has 3 heteroatoms. The van der Waals surface area contributed by atoms with Crippen LogP contribution >= 0.6 is 0 Å². The van der Waals surface area contributed by atoms with Gasteiger partial charge in [0, 0.05) is 6.04 Å². The summed E-state index contributed by atoms with van der Waals surface area (Å²) in [5.74, 6) is 0.529. The number of rotatable bonds is 4. The normalized spacial score (nSPS) is 35.3. The largest absolute Gasteiger partial charge is 0.480 e. The van der Waals surface area contributed by atoms with E-state index >= 15 is 0 Å². The molecule has 2 unspecified atom stereocenters. The van der Waals surface area contributed by atoms with E-state index < -0.39 is 11.5 Å². The first-order valence-electron chi connectivity index (χ1n) is 6.54. The van der Waals surface area contributed by atoms with Gasteiger partial charge >= 0.3 is 5.97 Å². The molecule has 0 aromatic rings. The lowest BCUT2D eigenvalue weighted by atomic mass is 9.71. The van der Waals surface area contributed by atoms with E-state index in [0.717, 1.165) is 32.1 Å². The van der Waals surface area contributed by atoms with Crippen LogP contribution in [0.1, 0.15) is 52.4 Å². The Morgan fingerprint density at radius 2 is 2.06 bits per heavy atom. The third-order valence-electron chi connectivity index (χ3n) is 4.20. The molecule has 3 nitrogen and oxygen atoms in total. The molecule has 2 aliphatic carbocycles. The Morgan fingerprint density at radius 1 is 1.38 bits per heavy atom. The van der Waals surface area contributed by atoms with Crippen LogP contribution < -0.4 is 5.32 Å². The summed E-state index contributed by atoms with van der Waals surface area (Å²) < 4.78 is 0. The van der Waals surface area contributed by atoms with Gasteiger partial charge in [0.05, 0.1) is 0 Å². The third-order valence-corrected chi connectivity index (χ3v) is 4.20. The molecular weight excluding hydrogens is 202 g/mol. The van der Waals surface area contributed by atoms with Gasteiger partial charge in [-0.25, -0.2) is 0 Å². The van der Waals surface area contributed by atoms with Crippen molar-refractivity contribution in [2.75, 3.05) is 0 Å². The van der Waals surface area contributed by atoms with E-state index in [4.69, 9.17) is 0 Å². The number of hydrogen-bond donors (Lipinski definition) is 2. The lowest BCUT2D eigenvalue weighted by Crippen LogP contribution is -2.56. The molecule has 92 valence electrons. The highest BCUT2D eigenvalue weighted by Gasteiger charge is 2.46. The van der Waals surface area contributed by atoms with Crippen LogP contribution in [-0.2, 0) is 4.79 Å². The molecule has 0 saturated heterocycles. The topological polar surface area (TPSA) is 49.3 Å². The first kappa shape index (κ1) is 11.9. The molecule has 2 N–H and O–H groups in total. The Kier molecular flexibility index (Phi) is 3.24. The van der Waals surface area contributed by atoms with E-state index in [1.165, 1.54) is 6.42 Å². The minimum atomic E-state index is -0.634. The van der Waals surface area contributed by atoms with Crippen LogP contribution in [0.3, 0.4) is 0 Å². The van der Waals surface area contributed by atoms with E-state index in [0.29, 0.717) is 17.9 Å². The summed E-state index contributed by atoms with van der Waals surface area (Å²) in [6.45, 7) is 4.42. The molecule has 16 heavy (non-hydrogen) atoms. The summed E-state index contributed by atoms with van der Waals surface area (Å²) >= 11 is 0. The van der Waals surface area contributed by atoms with Gasteiger partial charge in [0.15, 0.2) is 0 Å². The second-order valence-corrected chi connectivity index (χ2v) is 5.91. The molecule has 0 heterocycles. The monoisotopic (exact) mass is 225 g/mol. The van der Waals surface area contributed by atoms with Crippen LogP contribution in [0.15, 0.2) is 0 Å². The van der Waals surface area contributed by atoms with Crippen LogP contribution in [-0.4, -0.2) is 22.7 Å². The van der Waals surface area contributed by atoms with Crippen molar-refractivity contribution >= 4 is 5.97 Å². The number of hydrogen-bond acceptors (Lipinski definition) is 2. The zero-order valence-corrected chi connectivity index (χ0v) is 10.3. The molecule has 2 atom stereocenters. The molecule has 0 radical (unpaired) electrons. The SMILES string of the molecule is CC(C)C1CCCC(NC2CC2)(C(=O)O)C1. The van der Waals surface area contributed by atoms with Crippen LogP contribution in [0.5, 0.6) is 0 Å². The molecule has 0 aromatic carbocycles. The molecular formula is C13H23NO2. The van der Waals surface area contributed by atoms with Crippen molar-refractivity contribution in [2.45, 2.75) is 64.0 Å². The Hall–Kier alpha value is -0.570. The Bertz CT molecular complexity index is 273. The van der Waals surface area contributed by atoms with Gasteiger partial charge < -0.3 is 5.11 Å². The summed E-state index contributed by atoms with van der Waals surface area (Å²) in [6.07, 6.45) is 6.18. The van der Waals surface area contributed by atoms with Gasteiger partial charge in [-0.2, -0.15) is 0 Å². The van der Waals surface area contributed by atoms with Crippen molar-refractivity contribution in [3.05, 3.63) is 0 Å². The summed E-state index contributed by atoms with van der Waals surface area (Å²) in [5, 5.41) is 12.9.